The normalized spacial score (nSPS) is 14.0. The van der Waals surface area contributed by atoms with Crippen molar-refractivity contribution in [2.45, 2.75) is 47.2 Å². The summed E-state index contributed by atoms with van der Waals surface area (Å²) in [7, 11) is 1.72. The van der Waals surface area contributed by atoms with Crippen LogP contribution >= 0.6 is 0 Å². The van der Waals surface area contributed by atoms with Gasteiger partial charge in [0.2, 0.25) is 0 Å². The minimum atomic E-state index is -4.40. The first kappa shape index (κ1) is 35.9. The fourth-order valence-corrected chi connectivity index (χ4v) is 4.50. The molecule has 1 fully saturated rings. The van der Waals surface area contributed by atoms with Crippen molar-refractivity contribution in [3.63, 3.8) is 0 Å². The number of hydrogen-bond donors (Lipinski definition) is 2. The second-order valence-electron chi connectivity index (χ2n) is 10.2. The SMILES string of the molecule is C=C(N1CCN(/C(C=N)=C/N=CC(F)F)CC1)N(C)C(=O)c1cc(C)cc(C)c1C.CCNc1ccc(C)nc1C(F)(F)F. The van der Waals surface area contributed by atoms with Gasteiger partial charge >= 0.3 is 6.18 Å². The molecule has 3 rings (SSSR count). The lowest BCUT2D eigenvalue weighted by molar-refractivity contribution is -0.140. The van der Waals surface area contributed by atoms with Gasteiger partial charge in [0.05, 0.1) is 23.8 Å². The quantitative estimate of drug-likeness (QED) is 0.249. The molecule has 44 heavy (non-hydrogen) atoms. The van der Waals surface area contributed by atoms with Gasteiger partial charge in [0.15, 0.2) is 5.69 Å². The first-order valence-corrected chi connectivity index (χ1v) is 14.0. The average Bonchev–Trinajstić information content (AvgIpc) is 2.97. The first-order valence-electron chi connectivity index (χ1n) is 14.0. The highest BCUT2D eigenvalue weighted by atomic mass is 19.4. The van der Waals surface area contributed by atoms with Crippen LogP contribution in [-0.2, 0) is 6.18 Å². The van der Waals surface area contributed by atoms with Gasteiger partial charge in [-0.25, -0.2) is 13.8 Å². The van der Waals surface area contributed by atoms with Crippen LogP contribution in [0.5, 0.6) is 0 Å². The number of hydrogen-bond acceptors (Lipinski definition) is 7. The molecule has 0 atom stereocenters. The number of anilines is 1. The highest BCUT2D eigenvalue weighted by molar-refractivity contribution is 5.97. The van der Waals surface area contributed by atoms with Gasteiger partial charge < -0.3 is 20.5 Å². The molecule has 0 saturated carbocycles. The maximum atomic E-state index is 13.1. The number of aromatic nitrogens is 1. The molecule has 2 heterocycles. The molecule has 0 bridgehead atoms. The number of piperazine rings is 1. The van der Waals surface area contributed by atoms with Crippen molar-refractivity contribution in [2.75, 3.05) is 45.1 Å². The van der Waals surface area contributed by atoms with E-state index in [1.807, 2.05) is 36.6 Å². The standard InChI is InChI=1S/C22H29F2N5O.C9H11F3N2/c1-15-10-16(2)17(3)20(11-15)22(30)27(5)18(4)28-6-8-29(9-7-28)19(12-25)13-26-14-21(23)24;1-3-13-7-5-4-6(2)14-8(7)9(10,11)12/h10-14,21,25H,4,6-9H2,1-3,5H3;4-5,13H,3H2,1-2H3/b19-13+,25-12?,26-14?;. The average molecular weight is 622 g/mol. The van der Waals surface area contributed by atoms with Gasteiger partial charge in [0.1, 0.15) is 5.82 Å². The Morgan fingerprint density at radius 2 is 1.75 bits per heavy atom. The summed E-state index contributed by atoms with van der Waals surface area (Å²) >= 11 is 0. The lowest BCUT2D eigenvalue weighted by Crippen LogP contribution is -2.48. The van der Waals surface area contributed by atoms with E-state index in [1.54, 1.807) is 24.9 Å². The fourth-order valence-electron chi connectivity index (χ4n) is 4.50. The number of aliphatic imine (C=N–C) groups is 1. The van der Waals surface area contributed by atoms with Crippen LogP contribution in [0.15, 0.2) is 53.6 Å². The lowest BCUT2D eigenvalue weighted by Gasteiger charge is -2.40. The molecule has 2 aromatic rings. The Bertz CT molecular complexity index is 1380. The number of pyridine rings is 1. The number of allylic oxidation sites excluding steroid dienone is 1. The number of carbonyl (C=O) groups excluding carboxylic acids is 1. The van der Waals surface area contributed by atoms with Gasteiger partial charge in [-0.3, -0.25) is 14.7 Å². The van der Waals surface area contributed by atoms with E-state index in [4.69, 9.17) is 5.41 Å². The van der Waals surface area contributed by atoms with Crippen molar-refractivity contribution < 1.29 is 26.7 Å². The van der Waals surface area contributed by atoms with Gasteiger partial charge in [-0.2, -0.15) is 13.2 Å². The van der Waals surface area contributed by atoms with Crippen LogP contribution in [0.2, 0.25) is 0 Å². The summed E-state index contributed by atoms with van der Waals surface area (Å²) in [5.74, 6) is 0.502. The minimum absolute atomic E-state index is 0.0330. The highest BCUT2D eigenvalue weighted by Crippen LogP contribution is 2.33. The molecule has 0 unspecified atom stereocenters. The van der Waals surface area contributed by atoms with E-state index in [9.17, 15) is 26.7 Å². The van der Waals surface area contributed by atoms with E-state index < -0.39 is 18.3 Å². The topological polar surface area (TPSA) is 87.9 Å². The molecule has 0 radical (unpaired) electrons. The fraction of sp³-hybridized carbons (Fsp3) is 0.419. The van der Waals surface area contributed by atoms with E-state index in [2.05, 4.69) is 27.9 Å². The third-order valence-electron chi connectivity index (χ3n) is 6.97. The summed E-state index contributed by atoms with van der Waals surface area (Å²) in [5, 5.41) is 10.1. The molecule has 0 aliphatic carbocycles. The largest absolute Gasteiger partial charge is 0.435 e. The van der Waals surface area contributed by atoms with Gasteiger partial charge in [0.25, 0.3) is 12.3 Å². The van der Waals surface area contributed by atoms with Crippen LogP contribution in [0.4, 0.5) is 27.6 Å². The monoisotopic (exact) mass is 621 g/mol. The van der Waals surface area contributed by atoms with Crippen molar-refractivity contribution in [1.29, 1.82) is 5.41 Å². The molecule has 1 amide bonds. The molecule has 1 aromatic carbocycles. The molecule has 0 spiro atoms. The number of rotatable bonds is 9. The third-order valence-corrected chi connectivity index (χ3v) is 6.97. The van der Waals surface area contributed by atoms with Crippen LogP contribution in [0.1, 0.15) is 45.4 Å². The molecule has 13 heteroatoms. The Kier molecular flexibility index (Phi) is 13.0. The van der Waals surface area contributed by atoms with Crippen LogP contribution in [0.3, 0.4) is 0 Å². The maximum absolute atomic E-state index is 13.1. The van der Waals surface area contributed by atoms with Crippen molar-refractivity contribution >= 4 is 24.0 Å². The number of nitrogens with zero attached hydrogens (tertiary/aromatic N) is 5. The van der Waals surface area contributed by atoms with E-state index in [0.29, 0.717) is 61.7 Å². The predicted octanol–water partition coefficient (Wildman–Crippen LogP) is 6.44. The van der Waals surface area contributed by atoms with Gasteiger partial charge in [0, 0.05) is 57.2 Å². The zero-order valence-corrected chi connectivity index (χ0v) is 25.9. The predicted molar refractivity (Wildman–Crippen MR) is 165 cm³/mol. The third kappa shape index (κ3) is 9.88. The summed E-state index contributed by atoms with van der Waals surface area (Å²) in [4.78, 5) is 25.6. The minimum Gasteiger partial charge on any atom is -0.384 e. The van der Waals surface area contributed by atoms with E-state index >= 15 is 0 Å². The summed E-state index contributed by atoms with van der Waals surface area (Å²) in [6.45, 7) is 16.0. The van der Waals surface area contributed by atoms with Crippen molar-refractivity contribution in [1.82, 2.24) is 19.7 Å². The maximum Gasteiger partial charge on any atom is 0.435 e. The number of alkyl halides is 5. The number of aryl methyl sites for hydroxylation is 3. The molecule has 1 saturated heterocycles. The van der Waals surface area contributed by atoms with Crippen LogP contribution in [0.25, 0.3) is 0 Å². The molecule has 2 N–H and O–H groups in total. The number of halogens is 5. The molecule has 8 nitrogen and oxygen atoms in total. The van der Waals surface area contributed by atoms with Crippen LogP contribution < -0.4 is 5.32 Å². The zero-order chi connectivity index (χ0) is 33.2. The number of benzene rings is 1. The summed E-state index contributed by atoms with van der Waals surface area (Å²) in [5.41, 5.74) is 3.75. The number of nitrogens with one attached hydrogen (secondary N) is 2. The summed E-state index contributed by atoms with van der Waals surface area (Å²) in [6, 6.07) is 6.90. The Morgan fingerprint density at radius 1 is 1.14 bits per heavy atom. The van der Waals surface area contributed by atoms with E-state index in [1.165, 1.54) is 19.2 Å². The Balaban J connectivity index is 0.000000402. The smallest absolute Gasteiger partial charge is 0.384 e. The molecular weight excluding hydrogens is 581 g/mol. The Hall–Kier alpha value is -4.29. The first-order chi connectivity index (χ1) is 20.6. The van der Waals surface area contributed by atoms with Gasteiger partial charge in [-0.05, 0) is 63.9 Å². The molecule has 1 aliphatic rings. The zero-order valence-electron chi connectivity index (χ0n) is 25.9. The van der Waals surface area contributed by atoms with E-state index in [0.717, 1.165) is 22.9 Å². The van der Waals surface area contributed by atoms with E-state index in [-0.39, 0.29) is 11.6 Å². The number of carbonyl (C=O) groups is 1. The Labute approximate surface area is 255 Å². The van der Waals surface area contributed by atoms with Gasteiger partial charge in [-0.15, -0.1) is 0 Å². The molecule has 1 aliphatic heterocycles. The van der Waals surface area contributed by atoms with Crippen molar-refractivity contribution in [3.8, 4) is 0 Å². The van der Waals surface area contributed by atoms with Crippen LogP contribution in [0, 0.1) is 33.1 Å². The molecule has 1 aromatic heterocycles. The van der Waals surface area contributed by atoms with Crippen molar-refractivity contribution in [3.05, 3.63) is 82.2 Å². The summed E-state index contributed by atoms with van der Waals surface area (Å²) in [6.07, 6.45) is -4.11. The Morgan fingerprint density at radius 3 is 2.30 bits per heavy atom. The number of amides is 1. The van der Waals surface area contributed by atoms with Crippen molar-refractivity contribution in [2.24, 2.45) is 4.99 Å². The van der Waals surface area contributed by atoms with Crippen LogP contribution in [-0.4, -0.2) is 84.2 Å². The van der Waals surface area contributed by atoms with Gasteiger partial charge in [-0.1, -0.05) is 18.2 Å². The second kappa shape index (κ2) is 16.0. The summed E-state index contributed by atoms with van der Waals surface area (Å²) < 4.78 is 61.8. The second-order valence-corrected chi connectivity index (χ2v) is 10.2. The lowest BCUT2D eigenvalue weighted by atomic mass is 9.99. The molecule has 240 valence electrons. The highest BCUT2D eigenvalue weighted by Gasteiger charge is 2.35. The molecular formula is C31H40F5N7O.